The van der Waals surface area contributed by atoms with Crippen molar-refractivity contribution in [2.24, 2.45) is 0 Å². The highest BCUT2D eigenvalue weighted by atomic mass is 79.9. The molecule has 0 bridgehead atoms. The number of carbonyl (C=O) groups is 1. The highest BCUT2D eigenvalue weighted by molar-refractivity contribution is 9.10. The quantitative estimate of drug-likeness (QED) is 0.907. The molecule has 1 rings (SSSR count). The van der Waals surface area contributed by atoms with Crippen LogP contribution in [0.25, 0.3) is 0 Å². The van der Waals surface area contributed by atoms with Crippen molar-refractivity contribution in [3.8, 4) is 0 Å². The summed E-state index contributed by atoms with van der Waals surface area (Å²) in [5.74, 6) is -0.789. The lowest BCUT2D eigenvalue weighted by Gasteiger charge is -2.30. The minimum Gasteiger partial charge on any atom is -0.480 e. The van der Waals surface area contributed by atoms with Crippen LogP contribution in [0.1, 0.15) is 31.9 Å². The normalized spacial score (nSPS) is 14.6. The molecule has 0 amide bonds. The van der Waals surface area contributed by atoms with Crippen molar-refractivity contribution in [3.05, 3.63) is 34.3 Å². The van der Waals surface area contributed by atoms with Gasteiger partial charge in [-0.2, -0.15) is 0 Å². The largest absolute Gasteiger partial charge is 0.480 e. The standard InChI is InChI=1S/C13H18BrNO2/c1-4-12(15(3)9(2)13(16)17)10-5-7-11(14)8-6-10/h5-9,12H,4H2,1-3H3,(H,16,17). The zero-order valence-electron chi connectivity index (χ0n) is 10.4. The molecule has 0 aromatic heterocycles. The number of rotatable bonds is 5. The van der Waals surface area contributed by atoms with E-state index >= 15 is 0 Å². The molecular formula is C13H18BrNO2. The highest BCUT2D eigenvalue weighted by Crippen LogP contribution is 2.26. The summed E-state index contributed by atoms with van der Waals surface area (Å²) in [6.07, 6.45) is 0.885. The van der Waals surface area contributed by atoms with Crippen molar-refractivity contribution in [1.82, 2.24) is 4.90 Å². The molecular weight excluding hydrogens is 282 g/mol. The molecule has 4 heteroatoms. The van der Waals surface area contributed by atoms with Gasteiger partial charge in [0.15, 0.2) is 0 Å². The Kier molecular flexibility index (Phi) is 5.15. The van der Waals surface area contributed by atoms with Crippen LogP contribution in [-0.2, 0) is 4.79 Å². The molecule has 17 heavy (non-hydrogen) atoms. The zero-order valence-corrected chi connectivity index (χ0v) is 11.9. The molecule has 2 unspecified atom stereocenters. The summed E-state index contributed by atoms with van der Waals surface area (Å²) in [5, 5.41) is 9.04. The van der Waals surface area contributed by atoms with E-state index in [1.807, 2.05) is 36.2 Å². The molecule has 0 saturated heterocycles. The maximum absolute atomic E-state index is 11.0. The van der Waals surface area contributed by atoms with E-state index < -0.39 is 12.0 Å². The van der Waals surface area contributed by atoms with Gasteiger partial charge in [0.2, 0.25) is 0 Å². The first-order chi connectivity index (χ1) is 7.97. The van der Waals surface area contributed by atoms with Crippen molar-refractivity contribution in [1.29, 1.82) is 0 Å². The van der Waals surface area contributed by atoms with Crippen LogP contribution in [0, 0.1) is 0 Å². The second-order valence-electron chi connectivity index (χ2n) is 4.16. The van der Waals surface area contributed by atoms with Gasteiger partial charge in [0.1, 0.15) is 6.04 Å². The number of hydrogen-bond donors (Lipinski definition) is 1. The number of likely N-dealkylation sites (N-methyl/N-ethyl adjacent to an activating group) is 1. The van der Waals surface area contributed by atoms with Crippen molar-refractivity contribution in [2.45, 2.75) is 32.4 Å². The van der Waals surface area contributed by atoms with Crippen molar-refractivity contribution >= 4 is 21.9 Å². The molecule has 2 atom stereocenters. The number of carboxylic acid groups (broad SMARTS) is 1. The molecule has 0 aliphatic heterocycles. The van der Waals surface area contributed by atoms with Crippen LogP contribution in [-0.4, -0.2) is 29.1 Å². The SMILES string of the molecule is CCC(c1ccc(Br)cc1)N(C)C(C)C(=O)O. The molecule has 3 nitrogen and oxygen atoms in total. The fourth-order valence-corrected chi connectivity index (χ4v) is 2.15. The van der Waals surface area contributed by atoms with E-state index in [9.17, 15) is 4.79 Å². The first-order valence-corrected chi connectivity index (χ1v) is 6.46. The molecule has 0 radical (unpaired) electrons. The fourth-order valence-electron chi connectivity index (χ4n) is 1.89. The second-order valence-corrected chi connectivity index (χ2v) is 5.07. The number of hydrogen-bond acceptors (Lipinski definition) is 2. The topological polar surface area (TPSA) is 40.5 Å². The minimum absolute atomic E-state index is 0.134. The van der Waals surface area contributed by atoms with Crippen LogP contribution in [0.2, 0.25) is 0 Å². The van der Waals surface area contributed by atoms with E-state index in [0.29, 0.717) is 0 Å². The summed E-state index contributed by atoms with van der Waals surface area (Å²) in [6, 6.07) is 7.68. The molecule has 1 aromatic carbocycles. The fraction of sp³-hybridized carbons (Fsp3) is 0.462. The highest BCUT2D eigenvalue weighted by Gasteiger charge is 2.24. The summed E-state index contributed by atoms with van der Waals surface area (Å²) in [4.78, 5) is 12.9. The van der Waals surface area contributed by atoms with E-state index in [1.165, 1.54) is 0 Å². The van der Waals surface area contributed by atoms with Crippen molar-refractivity contribution in [2.75, 3.05) is 7.05 Å². The average Bonchev–Trinajstić information content (AvgIpc) is 2.31. The third-order valence-corrected chi connectivity index (χ3v) is 3.63. The average molecular weight is 300 g/mol. The molecule has 1 N–H and O–H groups in total. The van der Waals surface area contributed by atoms with Gasteiger partial charge in [-0.05, 0) is 38.1 Å². The Morgan fingerprint density at radius 2 is 1.94 bits per heavy atom. The molecule has 0 heterocycles. The first kappa shape index (κ1) is 14.2. The van der Waals surface area contributed by atoms with Crippen LogP contribution >= 0.6 is 15.9 Å². The molecule has 0 aliphatic carbocycles. The third kappa shape index (κ3) is 3.54. The van der Waals surface area contributed by atoms with Crippen LogP contribution in [0.5, 0.6) is 0 Å². The lowest BCUT2D eigenvalue weighted by atomic mass is 10.0. The van der Waals surface area contributed by atoms with E-state index in [1.54, 1.807) is 6.92 Å². The van der Waals surface area contributed by atoms with E-state index in [0.717, 1.165) is 16.5 Å². The van der Waals surface area contributed by atoms with Gasteiger partial charge in [-0.3, -0.25) is 9.69 Å². The smallest absolute Gasteiger partial charge is 0.320 e. The summed E-state index contributed by atoms with van der Waals surface area (Å²) < 4.78 is 1.03. The Labute approximate surface area is 111 Å². The van der Waals surface area contributed by atoms with Gasteiger partial charge in [-0.1, -0.05) is 35.0 Å². The number of carboxylic acids is 1. The maximum atomic E-state index is 11.0. The van der Waals surface area contributed by atoms with Crippen molar-refractivity contribution in [3.63, 3.8) is 0 Å². The van der Waals surface area contributed by atoms with Gasteiger partial charge in [0, 0.05) is 10.5 Å². The zero-order chi connectivity index (χ0) is 13.0. The Morgan fingerprint density at radius 1 is 1.41 bits per heavy atom. The predicted molar refractivity (Wildman–Crippen MR) is 72.0 cm³/mol. The summed E-state index contributed by atoms with van der Waals surface area (Å²) in [5.41, 5.74) is 1.14. The lowest BCUT2D eigenvalue weighted by Crippen LogP contribution is -2.38. The van der Waals surface area contributed by atoms with Crippen LogP contribution in [0.15, 0.2) is 28.7 Å². The summed E-state index contributed by atoms with van der Waals surface area (Å²) >= 11 is 3.40. The van der Waals surface area contributed by atoms with Gasteiger partial charge >= 0.3 is 5.97 Å². The van der Waals surface area contributed by atoms with Crippen LogP contribution in [0.4, 0.5) is 0 Å². The lowest BCUT2D eigenvalue weighted by molar-refractivity contribution is -0.143. The summed E-state index contributed by atoms with van der Waals surface area (Å²) in [6.45, 7) is 3.78. The number of nitrogens with zero attached hydrogens (tertiary/aromatic N) is 1. The monoisotopic (exact) mass is 299 g/mol. The second kappa shape index (κ2) is 6.17. The number of benzene rings is 1. The van der Waals surface area contributed by atoms with Gasteiger partial charge < -0.3 is 5.11 Å². The Morgan fingerprint density at radius 3 is 2.35 bits per heavy atom. The summed E-state index contributed by atoms with van der Waals surface area (Å²) in [7, 11) is 1.86. The Bertz CT molecular complexity index is 378. The van der Waals surface area contributed by atoms with Gasteiger partial charge in [-0.25, -0.2) is 0 Å². The molecule has 1 aromatic rings. The van der Waals surface area contributed by atoms with Crippen molar-refractivity contribution < 1.29 is 9.90 Å². The third-order valence-electron chi connectivity index (χ3n) is 3.10. The van der Waals surface area contributed by atoms with E-state index in [4.69, 9.17) is 5.11 Å². The Hall–Kier alpha value is -0.870. The van der Waals surface area contributed by atoms with Crippen LogP contribution in [0.3, 0.4) is 0 Å². The Balaban J connectivity index is 2.91. The van der Waals surface area contributed by atoms with Gasteiger partial charge in [0.05, 0.1) is 0 Å². The number of aliphatic carboxylic acids is 1. The van der Waals surface area contributed by atoms with Gasteiger partial charge in [0.25, 0.3) is 0 Å². The van der Waals surface area contributed by atoms with Crippen LogP contribution < -0.4 is 0 Å². The maximum Gasteiger partial charge on any atom is 0.320 e. The molecule has 0 aliphatic rings. The molecule has 0 saturated carbocycles. The molecule has 94 valence electrons. The minimum atomic E-state index is -0.789. The molecule has 0 fully saturated rings. The van der Waals surface area contributed by atoms with Gasteiger partial charge in [-0.15, -0.1) is 0 Å². The van der Waals surface area contributed by atoms with E-state index in [-0.39, 0.29) is 6.04 Å². The predicted octanol–water partition coefficient (Wildman–Crippen LogP) is 3.31. The first-order valence-electron chi connectivity index (χ1n) is 5.67. The van der Waals surface area contributed by atoms with E-state index in [2.05, 4.69) is 22.9 Å². The molecule has 0 spiro atoms. The number of halogens is 1.